The summed E-state index contributed by atoms with van der Waals surface area (Å²) in [5.41, 5.74) is 1.58. The Hall–Kier alpha value is -5.44. The van der Waals surface area contributed by atoms with Crippen molar-refractivity contribution in [3.05, 3.63) is 120 Å². The number of hydrogen-bond donors (Lipinski definition) is 4. The molecule has 4 rings (SSSR count). The van der Waals surface area contributed by atoms with Crippen molar-refractivity contribution in [2.75, 3.05) is 16.0 Å². The highest BCUT2D eigenvalue weighted by Gasteiger charge is 2.29. The van der Waals surface area contributed by atoms with Crippen molar-refractivity contribution in [3.8, 4) is 5.75 Å². The smallest absolute Gasteiger partial charge is 0.408 e. The number of carbonyl (C=O) groups excluding carboxylic acids is 4. The first-order valence-electron chi connectivity index (χ1n) is 13.3. The normalized spacial score (nSPS) is 10.9. The Bertz CT molecular complexity index is 1500. The van der Waals surface area contributed by atoms with Gasteiger partial charge >= 0.3 is 6.09 Å². The minimum Gasteiger partial charge on any atom is -0.408 e. The van der Waals surface area contributed by atoms with Crippen LogP contribution in [0.15, 0.2) is 109 Å². The fourth-order valence-corrected chi connectivity index (χ4v) is 4.01. The van der Waals surface area contributed by atoms with Crippen molar-refractivity contribution < 1.29 is 23.9 Å². The molecule has 0 aliphatic heterocycles. The molecule has 9 nitrogen and oxygen atoms in total. The van der Waals surface area contributed by atoms with Crippen molar-refractivity contribution in [1.29, 1.82) is 0 Å². The highest BCUT2D eigenvalue weighted by atomic mass is 16.6. The second kappa shape index (κ2) is 13.3. The van der Waals surface area contributed by atoms with E-state index in [0.29, 0.717) is 22.6 Å². The van der Waals surface area contributed by atoms with Crippen LogP contribution in [0.3, 0.4) is 0 Å². The van der Waals surface area contributed by atoms with E-state index in [4.69, 9.17) is 4.74 Å². The molecule has 0 radical (unpaired) electrons. The Morgan fingerprint density at radius 2 is 1.12 bits per heavy atom. The average Bonchev–Trinajstić information content (AvgIpc) is 2.94. The first-order chi connectivity index (χ1) is 20.1. The zero-order chi connectivity index (χ0) is 30.1. The number of anilines is 3. The molecule has 0 fully saturated rings. The molecule has 4 N–H and O–H groups in total. The Balaban J connectivity index is 1.52. The lowest BCUT2D eigenvalue weighted by molar-refractivity contribution is -0.126. The maximum atomic E-state index is 13.3. The highest BCUT2D eigenvalue weighted by Crippen LogP contribution is 2.26. The first kappa shape index (κ1) is 29.5. The van der Waals surface area contributed by atoms with Gasteiger partial charge in [-0.2, -0.15) is 0 Å². The van der Waals surface area contributed by atoms with Gasteiger partial charge in [-0.3, -0.25) is 14.4 Å². The SMILES string of the molecule is CC(C)(C)NC(=O)Oc1ccccc1NC(=O)c1ccc(C(C(=O)Nc2ccccc2)C(=O)Nc2ccccc2)cc1. The van der Waals surface area contributed by atoms with E-state index in [-0.39, 0.29) is 11.3 Å². The fraction of sp³-hybridized carbons (Fsp3) is 0.152. The third kappa shape index (κ3) is 8.28. The molecular formula is C33H32N4O5. The lowest BCUT2D eigenvalue weighted by Crippen LogP contribution is -2.42. The summed E-state index contributed by atoms with van der Waals surface area (Å²) < 4.78 is 5.41. The van der Waals surface area contributed by atoms with Gasteiger partial charge in [0, 0.05) is 22.5 Å². The van der Waals surface area contributed by atoms with Crippen LogP contribution in [-0.2, 0) is 9.59 Å². The lowest BCUT2D eigenvalue weighted by Gasteiger charge is -2.20. The second-order valence-corrected chi connectivity index (χ2v) is 10.5. The molecule has 0 aliphatic carbocycles. The zero-order valence-corrected chi connectivity index (χ0v) is 23.5. The molecule has 4 aromatic rings. The van der Waals surface area contributed by atoms with Gasteiger partial charge < -0.3 is 26.0 Å². The predicted octanol–water partition coefficient (Wildman–Crippen LogP) is 6.19. The third-order valence-electron chi connectivity index (χ3n) is 5.93. The molecular weight excluding hydrogens is 532 g/mol. The number of para-hydroxylation sites is 4. The maximum absolute atomic E-state index is 13.3. The van der Waals surface area contributed by atoms with Crippen molar-refractivity contribution in [2.24, 2.45) is 0 Å². The Morgan fingerprint density at radius 1 is 0.619 bits per heavy atom. The second-order valence-electron chi connectivity index (χ2n) is 10.5. The number of amides is 4. The molecule has 0 aliphatic rings. The third-order valence-corrected chi connectivity index (χ3v) is 5.93. The van der Waals surface area contributed by atoms with Gasteiger partial charge in [0.2, 0.25) is 11.8 Å². The largest absolute Gasteiger partial charge is 0.413 e. The van der Waals surface area contributed by atoms with Gasteiger partial charge in [-0.15, -0.1) is 0 Å². The molecule has 0 saturated carbocycles. The topological polar surface area (TPSA) is 126 Å². The van der Waals surface area contributed by atoms with E-state index in [0.717, 1.165) is 0 Å². The number of carbonyl (C=O) groups is 4. The summed E-state index contributed by atoms with van der Waals surface area (Å²) in [4.78, 5) is 52.0. The average molecular weight is 565 g/mol. The van der Waals surface area contributed by atoms with Gasteiger partial charge in [0.1, 0.15) is 5.92 Å². The van der Waals surface area contributed by atoms with E-state index in [1.807, 2.05) is 32.9 Å². The van der Waals surface area contributed by atoms with Gasteiger partial charge in [0.05, 0.1) is 5.69 Å². The van der Waals surface area contributed by atoms with E-state index < -0.39 is 35.3 Å². The van der Waals surface area contributed by atoms with E-state index in [1.165, 1.54) is 12.1 Å². The van der Waals surface area contributed by atoms with Crippen LogP contribution in [0.25, 0.3) is 0 Å². The first-order valence-corrected chi connectivity index (χ1v) is 13.3. The Kier molecular flexibility index (Phi) is 9.34. The zero-order valence-electron chi connectivity index (χ0n) is 23.5. The summed E-state index contributed by atoms with van der Waals surface area (Å²) in [6, 6.07) is 30.4. The van der Waals surface area contributed by atoms with Crippen LogP contribution in [0, 0.1) is 0 Å². The molecule has 4 aromatic carbocycles. The summed E-state index contributed by atoms with van der Waals surface area (Å²) in [7, 11) is 0. The molecule has 0 bridgehead atoms. The van der Waals surface area contributed by atoms with E-state index >= 15 is 0 Å². The molecule has 0 heterocycles. The molecule has 0 spiro atoms. The van der Waals surface area contributed by atoms with E-state index in [1.54, 1.807) is 84.9 Å². The number of nitrogens with one attached hydrogen (secondary N) is 4. The number of ether oxygens (including phenoxy) is 1. The number of rotatable bonds is 8. The van der Waals surface area contributed by atoms with Crippen LogP contribution < -0.4 is 26.0 Å². The van der Waals surface area contributed by atoms with Gasteiger partial charge in [-0.05, 0) is 74.9 Å². The van der Waals surface area contributed by atoms with Gasteiger partial charge in [0.15, 0.2) is 5.75 Å². The van der Waals surface area contributed by atoms with Crippen LogP contribution in [0.4, 0.5) is 21.9 Å². The van der Waals surface area contributed by atoms with Crippen LogP contribution in [-0.4, -0.2) is 29.4 Å². The molecule has 214 valence electrons. The monoisotopic (exact) mass is 564 g/mol. The fourth-order valence-electron chi connectivity index (χ4n) is 4.01. The van der Waals surface area contributed by atoms with E-state index in [2.05, 4.69) is 21.3 Å². The molecule has 0 saturated heterocycles. The van der Waals surface area contributed by atoms with Crippen molar-refractivity contribution >= 4 is 40.9 Å². The molecule has 9 heteroatoms. The highest BCUT2D eigenvalue weighted by molar-refractivity contribution is 6.15. The van der Waals surface area contributed by atoms with E-state index in [9.17, 15) is 19.2 Å². The lowest BCUT2D eigenvalue weighted by atomic mass is 9.95. The quantitative estimate of drug-likeness (QED) is 0.190. The van der Waals surface area contributed by atoms with Crippen LogP contribution >= 0.6 is 0 Å². The maximum Gasteiger partial charge on any atom is 0.413 e. The van der Waals surface area contributed by atoms with Crippen LogP contribution in [0.5, 0.6) is 5.75 Å². The van der Waals surface area contributed by atoms with Crippen molar-refractivity contribution in [3.63, 3.8) is 0 Å². The summed E-state index contributed by atoms with van der Waals surface area (Å²) in [6.45, 7) is 5.48. The van der Waals surface area contributed by atoms with Crippen molar-refractivity contribution in [2.45, 2.75) is 32.2 Å². The predicted molar refractivity (Wildman–Crippen MR) is 163 cm³/mol. The van der Waals surface area contributed by atoms with Crippen LogP contribution in [0.1, 0.15) is 42.6 Å². The Morgan fingerprint density at radius 3 is 1.64 bits per heavy atom. The van der Waals surface area contributed by atoms with Gasteiger partial charge in [0.25, 0.3) is 5.91 Å². The van der Waals surface area contributed by atoms with Crippen molar-refractivity contribution in [1.82, 2.24) is 5.32 Å². The minimum atomic E-state index is -1.20. The van der Waals surface area contributed by atoms with Gasteiger partial charge in [-0.1, -0.05) is 60.7 Å². The molecule has 42 heavy (non-hydrogen) atoms. The molecule has 0 aromatic heterocycles. The number of benzene rings is 4. The van der Waals surface area contributed by atoms with Crippen LogP contribution in [0.2, 0.25) is 0 Å². The Labute approximate surface area is 244 Å². The summed E-state index contributed by atoms with van der Waals surface area (Å²) in [6.07, 6.45) is -0.651. The standard InChI is InChI=1S/C33H32N4O5/c1-33(2,3)37-32(41)42-27-17-11-10-16-26(27)36-29(38)23-20-18-22(19-21-23)28(30(39)34-24-12-6-4-7-13-24)31(40)35-25-14-8-5-9-15-25/h4-21,28H,1-3H3,(H,34,39)(H,35,40)(H,36,38)(H,37,41). The molecule has 4 amide bonds. The summed E-state index contributed by atoms with van der Waals surface area (Å²) in [5, 5.41) is 11.0. The number of hydrogen-bond acceptors (Lipinski definition) is 5. The molecule has 0 unspecified atom stereocenters. The summed E-state index contributed by atoms with van der Waals surface area (Å²) >= 11 is 0. The molecule has 0 atom stereocenters. The summed E-state index contributed by atoms with van der Waals surface area (Å²) in [5.74, 6) is -2.52. The minimum absolute atomic E-state index is 0.180. The van der Waals surface area contributed by atoms with Gasteiger partial charge in [-0.25, -0.2) is 4.79 Å².